The average Bonchev–Trinajstić information content (AvgIpc) is 2.49. The van der Waals surface area contributed by atoms with Crippen LogP contribution in [0.3, 0.4) is 0 Å². The summed E-state index contributed by atoms with van der Waals surface area (Å²) in [7, 11) is 0. The van der Waals surface area contributed by atoms with Crippen molar-refractivity contribution in [3.63, 3.8) is 0 Å². The number of nitrogens with zero attached hydrogens (tertiary/aromatic N) is 1. The maximum Gasteiger partial charge on any atom is 0.0933 e. The van der Waals surface area contributed by atoms with Crippen LogP contribution in [-0.4, -0.2) is 74.3 Å². The van der Waals surface area contributed by atoms with Crippen LogP contribution in [-0.2, 0) is 9.47 Å². The zero-order valence-electron chi connectivity index (χ0n) is 13.8. The van der Waals surface area contributed by atoms with Gasteiger partial charge in [-0.25, -0.2) is 0 Å². The highest BCUT2D eigenvalue weighted by molar-refractivity contribution is 4.90. The van der Waals surface area contributed by atoms with E-state index < -0.39 is 0 Å². The minimum atomic E-state index is -0.0313. The van der Waals surface area contributed by atoms with Gasteiger partial charge in [0.1, 0.15) is 0 Å². The molecule has 124 valence electrons. The van der Waals surface area contributed by atoms with Crippen molar-refractivity contribution in [1.29, 1.82) is 0 Å². The SMILES string of the molecule is CC(C)NCC1(CN2CC(CO)OCC2C)CCOCC1. The average molecular weight is 300 g/mol. The van der Waals surface area contributed by atoms with Crippen molar-refractivity contribution in [2.75, 3.05) is 46.1 Å². The van der Waals surface area contributed by atoms with Crippen molar-refractivity contribution in [2.24, 2.45) is 5.41 Å². The summed E-state index contributed by atoms with van der Waals surface area (Å²) in [5, 5.41) is 13.0. The van der Waals surface area contributed by atoms with Crippen molar-refractivity contribution < 1.29 is 14.6 Å². The summed E-state index contributed by atoms with van der Waals surface area (Å²) >= 11 is 0. The molecule has 5 heteroatoms. The Bertz CT molecular complexity index is 306. The first-order valence-electron chi connectivity index (χ1n) is 8.32. The summed E-state index contributed by atoms with van der Waals surface area (Å²) in [5.74, 6) is 0. The summed E-state index contributed by atoms with van der Waals surface area (Å²) in [4.78, 5) is 2.50. The molecule has 2 N–H and O–H groups in total. The topological polar surface area (TPSA) is 54.0 Å². The molecule has 2 aliphatic heterocycles. The molecule has 0 amide bonds. The highest BCUT2D eigenvalue weighted by Crippen LogP contribution is 2.32. The van der Waals surface area contributed by atoms with Gasteiger partial charge < -0.3 is 19.9 Å². The fourth-order valence-electron chi connectivity index (χ4n) is 3.25. The molecule has 2 rings (SSSR count). The van der Waals surface area contributed by atoms with Crippen LogP contribution >= 0.6 is 0 Å². The van der Waals surface area contributed by atoms with Crippen LogP contribution in [0.5, 0.6) is 0 Å². The van der Waals surface area contributed by atoms with E-state index in [0.29, 0.717) is 12.1 Å². The van der Waals surface area contributed by atoms with E-state index in [1.54, 1.807) is 0 Å². The van der Waals surface area contributed by atoms with Crippen molar-refractivity contribution in [3.05, 3.63) is 0 Å². The third-order valence-electron chi connectivity index (χ3n) is 4.82. The molecule has 2 fully saturated rings. The molecule has 0 aromatic heterocycles. The molecule has 2 unspecified atom stereocenters. The smallest absolute Gasteiger partial charge is 0.0933 e. The predicted molar refractivity (Wildman–Crippen MR) is 83.5 cm³/mol. The minimum Gasteiger partial charge on any atom is -0.394 e. The molecule has 0 saturated carbocycles. The monoisotopic (exact) mass is 300 g/mol. The predicted octanol–water partition coefficient (Wildman–Crippen LogP) is 0.863. The molecular formula is C16H32N2O3. The first-order chi connectivity index (χ1) is 10.0. The number of ether oxygens (including phenoxy) is 2. The van der Waals surface area contributed by atoms with Crippen molar-refractivity contribution >= 4 is 0 Å². The molecule has 2 saturated heterocycles. The largest absolute Gasteiger partial charge is 0.394 e. The highest BCUT2D eigenvalue weighted by Gasteiger charge is 2.37. The molecule has 0 radical (unpaired) electrons. The van der Waals surface area contributed by atoms with Crippen LogP contribution in [0, 0.1) is 5.41 Å². The quantitative estimate of drug-likeness (QED) is 0.762. The van der Waals surface area contributed by atoms with E-state index >= 15 is 0 Å². The third kappa shape index (κ3) is 4.89. The molecule has 0 aromatic rings. The Morgan fingerprint density at radius 2 is 2.05 bits per heavy atom. The zero-order valence-corrected chi connectivity index (χ0v) is 13.8. The molecule has 2 aliphatic rings. The van der Waals surface area contributed by atoms with E-state index in [9.17, 15) is 5.11 Å². The van der Waals surface area contributed by atoms with Gasteiger partial charge in [0.25, 0.3) is 0 Å². The van der Waals surface area contributed by atoms with Gasteiger partial charge in [-0.05, 0) is 25.2 Å². The molecule has 0 aromatic carbocycles. The van der Waals surface area contributed by atoms with Gasteiger partial charge in [-0.1, -0.05) is 13.8 Å². The Kier molecular flexibility index (Phi) is 6.44. The van der Waals surface area contributed by atoms with Gasteiger partial charge in [0.2, 0.25) is 0 Å². The van der Waals surface area contributed by atoms with Crippen molar-refractivity contribution in [1.82, 2.24) is 10.2 Å². The lowest BCUT2D eigenvalue weighted by Crippen LogP contribution is -2.56. The molecule has 0 bridgehead atoms. The number of hydrogen-bond donors (Lipinski definition) is 2. The molecule has 2 heterocycles. The Hall–Kier alpha value is -0.200. The lowest BCUT2D eigenvalue weighted by molar-refractivity contribution is -0.0976. The maximum atomic E-state index is 9.36. The second kappa shape index (κ2) is 7.88. The van der Waals surface area contributed by atoms with E-state index in [4.69, 9.17) is 9.47 Å². The number of aliphatic hydroxyl groups excluding tert-OH is 1. The fraction of sp³-hybridized carbons (Fsp3) is 1.00. The second-order valence-corrected chi connectivity index (χ2v) is 7.06. The van der Waals surface area contributed by atoms with Crippen LogP contribution in [0.4, 0.5) is 0 Å². The number of hydrogen-bond acceptors (Lipinski definition) is 5. The molecule has 5 nitrogen and oxygen atoms in total. The Balaban J connectivity index is 1.99. The number of rotatable bonds is 6. The molecule has 21 heavy (non-hydrogen) atoms. The summed E-state index contributed by atoms with van der Waals surface area (Å²) in [6.45, 7) is 12.1. The van der Waals surface area contributed by atoms with Crippen LogP contribution in [0.25, 0.3) is 0 Å². The second-order valence-electron chi connectivity index (χ2n) is 7.06. The standard InChI is InChI=1S/C16H32N2O3/c1-13(2)17-11-16(4-6-20-7-5-16)12-18-8-15(9-19)21-10-14(18)3/h13-15,17,19H,4-12H2,1-3H3. The summed E-state index contributed by atoms with van der Waals surface area (Å²) in [6.07, 6.45) is 2.19. The van der Waals surface area contributed by atoms with E-state index in [1.165, 1.54) is 0 Å². The Labute approximate surface area is 129 Å². The Morgan fingerprint density at radius 1 is 1.33 bits per heavy atom. The zero-order chi connectivity index (χ0) is 15.3. The molecule has 2 atom stereocenters. The van der Waals surface area contributed by atoms with E-state index in [2.05, 4.69) is 31.0 Å². The number of nitrogens with one attached hydrogen (secondary N) is 1. The molecule has 0 aliphatic carbocycles. The Morgan fingerprint density at radius 3 is 2.67 bits per heavy atom. The van der Waals surface area contributed by atoms with Crippen LogP contribution in [0.2, 0.25) is 0 Å². The summed E-state index contributed by atoms with van der Waals surface area (Å²) in [5.41, 5.74) is 0.286. The molecular weight excluding hydrogens is 268 g/mol. The normalized spacial score (nSPS) is 30.7. The van der Waals surface area contributed by atoms with Crippen molar-refractivity contribution in [3.8, 4) is 0 Å². The first kappa shape index (κ1) is 17.2. The van der Waals surface area contributed by atoms with Gasteiger partial charge in [-0.3, -0.25) is 4.90 Å². The van der Waals surface area contributed by atoms with Gasteiger partial charge in [0, 0.05) is 44.9 Å². The van der Waals surface area contributed by atoms with Crippen LogP contribution in [0.15, 0.2) is 0 Å². The van der Waals surface area contributed by atoms with Crippen LogP contribution < -0.4 is 5.32 Å². The summed E-state index contributed by atoms with van der Waals surface area (Å²) < 4.78 is 11.2. The van der Waals surface area contributed by atoms with E-state index in [1.807, 2.05) is 0 Å². The lowest BCUT2D eigenvalue weighted by Gasteiger charge is -2.46. The number of aliphatic hydroxyl groups is 1. The minimum absolute atomic E-state index is 0.0313. The lowest BCUT2D eigenvalue weighted by atomic mass is 9.79. The van der Waals surface area contributed by atoms with Gasteiger partial charge in [0.05, 0.1) is 19.3 Å². The van der Waals surface area contributed by atoms with Gasteiger partial charge in [0.15, 0.2) is 0 Å². The fourth-order valence-corrected chi connectivity index (χ4v) is 3.25. The number of morpholine rings is 1. The van der Waals surface area contributed by atoms with Crippen molar-refractivity contribution in [2.45, 2.75) is 51.8 Å². The highest BCUT2D eigenvalue weighted by atomic mass is 16.5. The van der Waals surface area contributed by atoms with E-state index in [0.717, 1.165) is 52.3 Å². The van der Waals surface area contributed by atoms with E-state index in [-0.39, 0.29) is 18.1 Å². The summed E-state index contributed by atoms with van der Waals surface area (Å²) in [6, 6.07) is 0.934. The maximum absolute atomic E-state index is 9.36. The third-order valence-corrected chi connectivity index (χ3v) is 4.82. The van der Waals surface area contributed by atoms with Gasteiger partial charge >= 0.3 is 0 Å². The molecule has 0 spiro atoms. The first-order valence-corrected chi connectivity index (χ1v) is 8.32. The van der Waals surface area contributed by atoms with Gasteiger partial charge in [-0.15, -0.1) is 0 Å². The van der Waals surface area contributed by atoms with Crippen LogP contribution in [0.1, 0.15) is 33.6 Å². The van der Waals surface area contributed by atoms with Gasteiger partial charge in [-0.2, -0.15) is 0 Å².